The molecule has 0 saturated carbocycles. The van der Waals surface area contributed by atoms with Crippen LogP contribution >= 0.6 is 15.6 Å². The second-order valence-electron chi connectivity index (χ2n) is 29.8. The number of carbonyl (C=O) groups is 4. The van der Waals surface area contributed by atoms with E-state index in [0.717, 1.165) is 114 Å². The first kappa shape index (κ1) is 95.1. The highest BCUT2D eigenvalue weighted by atomic mass is 31.2. The van der Waals surface area contributed by atoms with E-state index in [1.165, 1.54) is 193 Å². The smallest absolute Gasteiger partial charge is 0.462 e. The van der Waals surface area contributed by atoms with Crippen LogP contribution in [-0.2, 0) is 65.4 Å². The molecule has 3 unspecified atom stereocenters. The Kier molecular flexibility index (Phi) is 65.9. The molecule has 0 aromatic heterocycles. The lowest BCUT2D eigenvalue weighted by molar-refractivity contribution is -0.161. The molecule has 0 aromatic rings. The molecule has 0 fully saturated rings. The van der Waals surface area contributed by atoms with Crippen molar-refractivity contribution in [3.63, 3.8) is 0 Å². The van der Waals surface area contributed by atoms with E-state index in [2.05, 4.69) is 55.4 Å². The molecular formula is C78H152O17P2. The number of aliphatic hydroxyl groups is 1. The van der Waals surface area contributed by atoms with E-state index in [9.17, 15) is 43.2 Å². The largest absolute Gasteiger partial charge is 0.472 e. The summed E-state index contributed by atoms with van der Waals surface area (Å²) in [5, 5.41) is 10.6. The number of carbonyl (C=O) groups excluding carboxylic acids is 4. The second kappa shape index (κ2) is 67.2. The molecule has 0 aliphatic heterocycles. The molecule has 576 valence electrons. The maximum Gasteiger partial charge on any atom is 0.472 e. The van der Waals surface area contributed by atoms with Gasteiger partial charge in [0.25, 0.3) is 0 Å². The highest BCUT2D eigenvalue weighted by Gasteiger charge is 2.30. The highest BCUT2D eigenvalue weighted by molar-refractivity contribution is 7.47. The Labute approximate surface area is 594 Å². The van der Waals surface area contributed by atoms with E-state index in [0.29, 0.717) is 31.6 Å². The van der Waals surface area contributed by atoms with Crippen LogP contribution in [0.1, 0.15) is 396 Å². The molecule has 0 radical (unpaired) electrons. The third kappa shape index (κ3) is 70.9. The number of hydrogen-bond donors (Lipinski definition) is 3. The van der Waals surface area contributed by atoms with Crippen molar-refractivity contribution in [1.29, 1.82) is 0 Å². The number of unbranched alkanes of at least 4 members (excludes halogenated alkanes) is 40. The summed E-state index contributed by atoms with van der Waals surface area (Å²) < 4.78 is 68.5. The van der Waals surface area contributed by atoms with Crippen molar-refractivity contribution in [2.24, 2.45) is 23.7 Å². The number of hydrogen-bond acceptors (Lipinski definition) is 15. The van der Waals surface area contributed by atoms with Crippen LogP contribution in [0.2, 0.25) is 0 Å². The fraction of sp³-hybridized carbons (Fsp3) is 0.949. The van der Waals surface area contributed by atoms with Gasteiger partial charge in [-0.05, 0) is 49.4 Å². The summed E-state index contributed by atoms with van der Waals surface area (Å²) in [5.41, 5.74) is 0. The molecule has 0 aromatic carbocycles. The van der Waals surface area contributed by atoms with Gasteiger partial charge in [0.1, 0.15) is 19.3 Å². The van der Waals surface area contributed by atoms with Crippen molar-refractivity contribution in [2.45, 2.75) is 414 Å². The van der Waals surface area contributed by atoms with Crippen molar-refractivity contribution in [2.75, 3.05) is 39.6 Å². The van der Waals surface area contributed by atoms with Crippen molar-refractivity contribution in [1.82, 2.24) is 0 Å². The molecule has 0 rings (SSSR count). The van der Waals surface area contributed by atoms with Crippen LogP contribution in [0, 0.1) is 23.7 Å². The Hall–Kier alpha value is -1.94. The lowest BCUT2D eigenvalue weighted by Gasteiger charge is -2.21. The van der Waals surface area contributed by atoms with Gasteiger partial charge in [-0.1, -0.05) is 344 Å². The van der Waals surface area contributed by atoms with Crippen molar-refractivity contribution in [3.05, 3.63) is 0 Å². The van der Waals surface area contributed by atoms with E-state index in [-0.39, 0.29) is 25.7 Å². The van der Waals surface area contributed by atoms with Crippen molar-refractivity contribution >= 4 is 39.5 Å². The standard InChI is InChI=1S/C78H152O17P2/c1-9-71(8)57-49-41-35-37-43-51-59-76(81)89-65-74(95-78(83)61-53-45-36-34-40-48-56-70(6)7)67-93-97(86,87)91-63-72(79)62-90-96(84,85)92-66-73(94-77(82)60-52-44-33-29-25-21-17-13-11-15-19-23-27-31-39-47-55-69(4)5)64-88-75(80)58-50-42-32-28-24-20-16-12-10-14-18-22-26-30-38-46-54-68(2)3/h68-74,79H,9-67H2,1-8H3,(H,84,85)(H,86,87)/t71?,72-,73-,74-/m1/s1. The minimum absolute atomic E-state index is 0.101. The van der Waals surface area contributed by atoms with E-state index >= 15 is 0 Å². The molecule has 0 aliphatic carbocycles. The Morgan fingerprint density at radius 1 is 0.289 bits per heavy atom. The van der Waals surface area contributed by atoms with E-state index in [1.807, 2.05) is 0 Å². The van der Waals surface area contributed by atoms with Gasteiger partial charge in [0.2, 0.25) is 0 Å². The van der Waals surface area contributed by atoms with Gasteiger partial charge in [0.05, 0.1) is 26.4 Å². The molecule has 17 nitrogen and oxygen atoms in total. The lowest BCUT2D eigenvalue weighted by Crippen LogP contribution is -2.30. The number of phosphoric ester groups is 2. The summed E-state index contributed by atoms with van der Waals surface area (Å²) in [7, 11) is -9.91. The predicted molar refractivity (Wildman–Crippen MR) is 395 cm³/mol. The van der Waals surface area contributed by atoms with Gasteiger partial charge in [-0.25, -0.2) is 9.13 Å². The highest BCUT2D eigenvalue weighted by Crippen LogP contribution is 2.45. The molecule has 0 saturated heterocycles. The molecule has 0 spiro atoms. The van der Waals surface area contributed by atoms with Crippen LogP contribution in [0.25, 0.3) is 0 Å². The molecule has 0 heterocycles. The van der Waals surface area contributed by atoms with Gasteiger partial charge in [0, 0.05) is 25.7 Å². The lowest BCUT2D eigenvalue weighted by atomic mass is 10.00. The van der Waals surface area contributed by atoms with Gasteiger partial charge >= 0.3 is 39.5 Å². The van der Waals surface area contributed by atoms with Crippen LogP contribution < -0.4 is 0 Å². The van der Waals surface area contributed by atoms with E-state index in [4.69, 9.17) is 37.0 Å². The van der Waals surface area contributed by atoms with Crippen LogP contribution in [-0.4, -0.2) is 96.7 Å². The first-order chi connectivity index (χ1) is 46.6. The zero-order chi connectivity index (χ0) is 71.7. The van der Waals surface area contributed by atoms with E-state index < -0.39 is 97.5 Å². The summed E-state index contributed by atoms with van der Waals surface area (Å²) in [6.07, 6.45) is 53.1. The quantitative estimate of drug-likeness (QED) is 0.0222. The fourth-order valence-corrected chi connectivity index (χ4v) is 13.5. The number of phosphoric acid groups is 2. The minimum Gasteiger partial charge on any atom is -0.462 e. The maximum atomic E-state index is 13.1. The van der Waals surface area contributed by atoms with Crippen LogP contribution in [0.5, 0.6) is 0 Å². The second-order valence-corrected chi connectivity index (χ2v) is 32.7. The summed E-state index contributed by atoms with van der Waals surface area (Å²) >= 11 is 0. The molecule has 3 N–H and O–H groups in total. The summed E-state index contributed by atoms with van der Waals surface area (Å²) in [6, 6.07) is 0. The topological polar surface area (TPSA) is 237 Å². The molecule has 0 amide bonds. The first-order valence-corrected chi connectivity index (χ1v) is 43.2. The number of esters is 4. The molecule has 97 heavy (non-hydrogen) atoms. The SMILES string of the molecule is CCC(C)CCCCCCCCC(=O)OC[C@H](COP(=O)(O)OC[C@H](O)COP(=O)(O)OC[C@@H](COC(=O)CCCCCCCCCCCCCCCCCCC(C)C)OC(=O)CCCCCCCCCCCCCCCCCCC(C)C)OC(=O)CCCCCCCCC(C)C. The fourth-order valence-electron chi connectivity index (χ4n) is 11.9. The normalized spacial score (nSPS) is 14.4. The van der Waals surface area contributed by atoms with Gasteiger partial charge in [0.15, 0.2) is 12.2 Å². The third-order valence-electron chi connectivity index (χ3n) is 18.4. The van der Waals surface area contributed by atoms with Crippen LogP contribution in [0.15, 0.2) is 0 Å². The summed E-state index contributed by atoms with van der Waals surface area (Å²) in [6.45, 7) is 14.1. The average molecular weight is 1420 g/mol. The van der Waals surface area contributed by atoms with Crippen LogP contribution in [0.4, 0.5) is 0 Å². The van der Waals surface area contributed by atoms with Crippen molar-refractivity contribution < 1.29 is 80.2 Å². The van der Waals surface area contributed by atoms with Crippen LogP contribution in [0.3, 0.4) is 0 Å². The van der Waals surface area contributed by atoms with Gasteiger partial charge < -0.3 is 33.8 Å². The summed E-state index contributed by atoms with van der Waals surface area (Å²) in [5.74, 6) is 0.898. The molecule has 0 aliphatic rings. The molecule has 6 atom stereocenters. The third-order valence-corrected chi connectivity index (χ3v) is 20.3. The number of rotatable bonds is 75. The Morgan fingerprint density at radius 2 is 0.495 bits per heavy atom. The predicted octanol–water partition coefficient (Wildman–Crippen LogP) is 22.8. The Bertz CT molecular complexity index is 1900. The maximum absolute atomic E-state index is 13.1. The monoisotopic (exact) mass is 1420 g/mol. The first-order valence-electron chi connectivity index (χ1n) is 40.2. The van der Waals surface area contributed by atoms with Gasteiger partial charge in [-0.15, -0.1) is 0 Å². The van der Waals surface area contributed by atoms with Crippen molar-refractivity contribution in [3.8, 4) is 0 Å². The molecule has 19 heteroatoms. The summed E-state index contributed by atoms with van der Waals surface area (Å²) in [4.78, 5) is 72.8. The van der Waals surface area contributed by atoms with E-state index in [1.54, 1.807) is 0 Å². The Morgan fingerprint density at radius 3 is 0.732 bits per heavy atom. The minimum atomic E-state index is -4.96. The van der Waals surface area contributed by atoms with Gasteiger partial charge in [-0.3, -0.25) is 37.3 Å². The Balaban J connectivity index is 5.20. The zero-order valence-electron chi connectivity index (χ0n) is 63.7. The zero-order valence-corrected chi connectivity index (χ0v) is 65.5. The number of aliphatic hydroxyl groups excluding tert-OH is 1. The van der Waals surface area contributed by atoms with Gasteiger partial charge in [-0.2, -0.15) is 0 Å². The number of ether oxygens (including phenoxy) is 4. The molecule has 0 bridgehead atoms. The molecular weight excluding hydrogens is 1270 g/mol. The average Bonchev–Trinajstić information content (AvgIpc) is 1.11.